The highest BCUT2D eigenvalue weighted by molar-refractivity contribution is 7.92. The van der Waals surface area contributed by atoms with Gasteiger partial charge in [0.05, 0.1) is 11.4 Å². The summed E-state index contributed by atoms with van der Waals surface area (Å²) in [5, 5.41) is 0. The zero-order valence-electron chi connectivity index (χ0n) is 12.2. The normalized spacial score (nSPS) is 12.9. The lowest BCUT2D eigenvalue weighted by molar-refractivity contribution is 0.589. The monoisotopic (exact) mass is 304 g/mol. The zero-order chi connectivity index (χ0) is 15.5. The molecule has 0 bridgehead atoms. The fraction of sp³-hybridized carbons (Fsp3) is 0.250. The van der Waals surface area contributed by atoms with Crippen molar-refractivity contribution in [2.75, 3.05) is 22.8 Å². The van der Waals surface area contributed by atoms with E-state index >= 15 is 0 Å². The Morgan fingerprint density at radius 3 is 2.38 bits per heavy atom. The van der Waals surface area contributed by atoms with E-state index in [1.165, 1.54) is 4.31 Å². The molecule has 0 spiro atoms. The Hall–Kier alpha value is -2.01. The molecular weight excluding hydrogens is 284 g/mol. The Balaban J connectivity index is 2.18. The first-order valence-electron chi connectivity index (χ1n) is 6.77. The lowest BCUT2D eigenvalue weighted by Gasteiger charge is -2.22. The van der Waals surface area contributed by atoms with E-state index in [1.54, 1.807) is 31.3 Å². The van der Waals surface area contributed by atoms with Crippen molar-refractivity contribution in [1.82, 2.24) is 0 Å². The van der Waals surface area contributed by atoms with Crippen LogP contribution < -0.4 is 10.0 Å². The Labute approximate surface area is 126 Å². The quantitative estimate of drug-likeness (QED) is 0.864. The minimum absolute atomic E-state index is 0.0578. The van der Waals surface area contributed by atoms with Gasteiger partial charge < -0.3 is 5.73 Å². The van der Waals surface area contributed by atoms with Crippen molar-refractivity contribution < 1.29 is 8.42 Å². The van der Waals surface area contributed by atoms with Gasteiger partial charge in [0.1, 0.15) is 0 Å². The second-order valence-electron chi connectivity index (χ2n) is 5.15. The number of nitrogens with two attached hydrogens (primary N) is 1. The topological polar surface area (TPSA) is 63.4 Å². The standard InChI is InChI=1S/C16H20N2O2S/c1-13(14-7-4-3-5-8-14)12-21(19,20)18(2)16-10-6-9-15(17)11-16/h3-11,13H,12,17H2,1-2H3. The van der Waals surface area contributed by atoms with Crippen LogP contribution in [0.5, 0.6) is 0 Å². The molecule has 112 valence electrons. The molecule has 0 aliphatic carbocycles. The molecular formula is C16H20N2O2S. The van der Waals surface area contributed by atoms with E-state index in [0.29, 0.717) is 11.4 Å². The van der Waals surface area contributed by atoms with Gasteiger partial charge in [-0.1, -0.05) is 43.3 Å². The summed E-state index contributed by atoms with van der Waals surface area (Å²) in [6, 6.07) is 16.5. The molecule has 0 amide bonds. The van der Waals surface area contributed by atoms with Crippen molar-refractivity contribution in [2.45, 2.75) is 12.8 Å². The summed E-state index contributed by atoms with van der Waals surface area (Å²) in [5.74, 6) is -0.0119. The smallest absolute Gasteiger partial charge is 0.235 e. The first-order valence-corrected chi connectivity index (χ1v) is 8.38. The van der Waals surface area contributed by atoms with Crippen molar-refractivity contribution in [1.29, 1.82) is 0 Å². The van der Waals surface area contributed by atoms with Gasteiger partial charge in [-0.15, -0.1) is 0 Å². The van der Waals surface area contributed by atoms with Crippen LogP contribution >= 0.6 is 0 Å². The fourth-order valence-electron chi connectivity index (χ4n) is 2.19. The molecule has 2 rings (SSSR count). The SMILES string of the molecule is CC(CS(=O)(=O)N(C)c1cccc(N)c1)c1ccccc1. The molecule has 0 aliphatic heterocycles. The third kappa shape index (κ3) is 3.76. The predicted octanol–water partition coefficient (Wildman–Crippen LogP) is 2.84. The van der Waals surface area contributed by atoms with Crippen molar-refractivity contribution in [2.24, 2.45) is 0 Å². The van der Waals surface area contributed by atoms with Crippen LogP contribution in [-0.2, 0) is 10.0 Å². The Morgan fingerprint density at radius 2 is 1.76 bits per heavy atom. The predicted molar refractivity (Wildman–Crippen MR) is 87.9 cm³/mol. The van der Waals surface area contributed by atoms with Gasteiger partial charge in [0, 0.05) is 12.7 Å². The van der Waals surface area contributed by atoms with Crippen LogP contribution in [0.2, 0.25) is 0 Å². The second-order valence-corrected chi connectivity index (χ2v) is 7.20. The van der Waals surface area contributed by atoms with Crippen LogP contribution in [0.3, 0.4) is 0 Å². The summed E-state index contributed by atoms with van der Waals surface area (Å²) in [4.78, 5) is 0. The molecule has 2 N–H and O–H groups in total. The van der Waals surface area contributed by atoms with Crippen molar-refractivity contribution >= 4 is 21.4 Å². The van der Waals surface area contributed by atoms with Crippen molar-refractivity contribution in [3.8, 4) is 0 Å². The molecule has 0 heterocycles. The van der Waals surface area contributed by atoms with Gasteiger partial charge in [-0.2, -0.15) is 0 Å². The van der Waals surface area contributed by atoms with Crippen LogP contribution in [0.4, 0.5) is 11.4 Å². The summed E-state index contributed by atoms with van der Waals surface area (Å²) in [6.45, 7) is 1.92. The van der Waals surface area contributed by atoms with Gasteiger partial charge in [-0.3, -0.25) is 4.31 Å². The first-order chi connectivity index (χ1) is 9.90. The second kappa shape index (κ2) is 6.18. The van der Waals surface area contributed by atoms with E-state index in [-0.39, 0.29) is 11.7 Å². The number of hydrogen-bond donors (Lipinski definition) is 1. The molecule has 0 fully saturated rings. The maximum absolute atomic E-state index is 12.5. The molecule has 0 aromatic heterocycles. The number of hydrogen-bond acceptors (Lipinski definition) is 3. The van der Waals surface area contributed by atoms with Gasteiger partial charge in [0.15, 0.2) is 0 Å². The summed E-state index contributed by atoms with van der Waals surface area (Å²) >= 11 is 0. The Morgan fingerprint density at radius 1 is 1.10 bits per heavy atom. The first kappa shape index (κ1) is 15.4. The van der Waals surface area contributed by atoms with E-state index in [2.05, 4.69) is 0 Å². The van der Waals surface area contributed by atoms with E-state index in [9.17, 15) is 8.42 Å². The highest BCUT2D eigenvalue weighted by Gasteiger charge is 2.22. The number of sulfonamides is 1. The molecule has 0 saturated heterocycles. The maximum atomic E-state index is 12.5. The van der Waals surface area contributed by atoms with Gasteiger partial charge >= 0.3 is 0 Å². The zero-order valence-corrected chi connectivity index (χ0v) is 13.0. The van der Waals surface area contributed by atoms with E-state index in [1.807, 2.05) is 37.3 Å². The summed E-state index contributed by atoms with van der Waals surface area (Å²) in [5.41, 5.74) is 7.85. The average molecular weight is 304 g/mol. The molecule has 5 heteroatoms. The van der Waals surface area contributed by atoms with Crippen LogP contribution in [0.25, 0.3) is 0 Å². The Bertz CT molecular complexity index is 699. The molecule has 2 aromatic carbocycles. The van der Waals surface area contributed by atoms with Crippen LogP contribution in [0.15, 0.2) is 54.6 Å². The number of nitrogens with zero attached hydrogens (tertiary/aromatic N) is 1. The van der Waals surface area contributed by atoms with Crippen LogP contribution in [-0.4, -0.2) is 21.2 Å². The summed E-state index contributed by atoms with van der Waals surface area (Å²) < 4.78 is 26.3. The minimum Gasteiger partial charge on any atom is -0.399 e. The van der Waals surface area contributed by atoms with Crippen molar-refractivity contribution in [3.05, 3.63) is 60.2 Å². The lowest BCUT2D eigenvalue weighted by Crippen LogP contribution is -2.31. The summed E-state index contributed by atoms with van der Waals surface area (Å²) in [7, 11) is -1.84. The minimum atomic E-state index is -3.40. The fourth-order valence-corrected chi connectivity index (χ4v) is 3.67. The maximum Gasteiger partial charge on any atom is 0.235 e. The molecule has 0 radical (unpaired) electrons. The van der Waals surface area contributed by atoms with Crippen molar-refractivity contribution in [3.63, 3.8) is 0 Å². The highest BCUT2D eigenvalue weighted by Crippen LogP contribution is 2.23. The van der Waals surface area contributed by atoms with Crippen LogP contribution in [0.1, 0.15) is 18.4 Å². The molecule has 2 aromatic rings. The number of benzene rings is 2. The number of rotatable bonds is 5. The van der Waals surface area contributed by atoms with E-state index in [4.69, 9.17) is 5.73 Å². The third-order valence-corrected chi connectivity index (χ3v) is 5.45. The molecule has 0 saturated carbocycles. The molecule has 21 heavy (non-hydrogen) atoms. The van der Waals surface area contributed by atoms with Gasteiger partial charge in [0.2, 0.25) is 10.0 Å². The average Bonchev–Trinajstić information content (AvgIpc) is 2.47. The largest absolute Gasteiger partial charge is 0.399 e. The molecule has 1 unspecified atom stereocenters. The highest BCUT2D eigenvalue weighted by atomic mass is 32.2. The van der Waals surface area contributed by atoms with Gasteiger partial charge in [-0.05, 0) is 29.7 Å². The number of nitrogen functional groups attached to an aromatic ring is 1. The summed E-state index contributed by atoms with van der Waals surface area (Å²) in [6.07, 6.45) is 0. The number of anilines is 2. The van der Waals surface area contributed by atoms with E-state index in [0.717, 1.165) is 5.56 Å². The lowest BCUT2D eigenvalue weighted by atomic mass is 10.0. The van der Waals surface area contributed by atoms with Crippen LogP contribution in [0, 0.1) is 0 Å². The third-order valence-electron chi connectivity index (χ3n) is 3.48. The van der Waals surface area contributed by atoms with Gasteiger partial charge in [0.25, 0.3) is 0 Å². The molecule has 0 aliphatic rings. The van der Waals surface area contributed by atoms with E-state index < -0.39 is 10.0 Å². The van der Waals surface area contributed by atoms with Gasteiger partial charge in [-0.25, -0.2) is 8.42 Å². The molecule has 4 nitrogen and oxygen atoms in total. The Kier molecular flexibility index (Phi) is 4.53. The molecule has 1 atom stereocenters.